The minimum atomic E-state index is -0.702. The van der Waals surface area contributed by atoms with Gasteiger partial charge in [0, 0.05) is 11.3 Å². The molecule has 0 fully saturated rings. The number of nitrogens with two attached hydrogens (primary N) is 1. The Morgan fingerprint density at radius 2 is 2.28 bits per heavy atom. The van der Waals surface area contributed by atoms with Crippen molar-refractivity contribution in [1.29, 1.82) is 0 Å². The smallest absolute Gasteiger partial charge is 0.390 e. The number of hydrogen-bond acceptors (Lipinski definition) is 7. The van der Waals surface area contributed by atoms with Crippen molar-refractivity contribution in [3.63, 3.8) is 0 Å². The summed E-state index contributed by atoms with van der Waals surface area (Å²) in [6.45, 7) is 0.0959. The third kappa shape index (κ3) is 2.30. The Labute approximate surface area is 99.3 Å². The normalized spacial score (nSPS) is 10.3. The SMILES string of the molecule is NNC(=O)c1ccn(Cn2cnc([N+](=O)[O-])n2)n1. The molecule has 3 N–H and O–H groups in total. The van der Waals surface area contributed by atoms with Crippen LogP contribution in [0.2, 0.25) is 0 Å². The molecular weight excluding hydrogens is 244 g/mol. The van der Waals surface area contributed by atoms with Crippen LogP contribution in [0.1, 0.15) is 10.5 Å². The Balaban J connectivity index is 2.11. The number of nitro groups is 1. The lowest BCUT2D eigenvalue weighted by atomic mass is 10.4. The molecule has 94 valence electrons. The van der Waals surface area contributed by atoms with Crippen molar-refractivity contribution in [1.82, 2.24) is 30.0 Å². The van der Waals surface area contributed by atoms with Gasteiger partial charge < -0.3 is 10.1 Å². The van der Waals surface area contributed by atoms with Crippen LogP contribution in [0.25, 0.3) is 0 Å². The molecule has 2 rings (SSSR count). The van der Waals surface area contributed by atoms with Gasteiger partial charge in [0.25, 0.3) is 5.91 Å². The number of hydrazine groups is 1. The molecule has 0 atom stereocenters. The number of carbonyl (C=O) groups excluding carboxylic acids is 1. The highest BCUT2D eigenvalue weighted by Gasteiger charge is 2.14. The minimum absolute atomic E-state index is 0.0959. The Kier molecular flexibility index (Phi) is 2.97. The summed E-state index contributed by atoms with van der Waals surface area (Å²) in [7, 11) is 0. The van der Waals surface area contributed by atoms with Crippen LogP contribution in [0.5, 0.6) is 0 Å². The van der Waals surface area contributed by atoms with Crippen LogP contribution in [0.4, 0.5) is 5.95 Å². The maximum absolute atomic E-state index is 11.1. The molecule has 11 heteroatoms. The molecule has 0 aliphatic heterocycles. The molecule has 11 nitrogen and oxygen atoms in total. The second-order valence-corrected chi connectivity index (χ2v) is 3.20. The molecule has 0 saturated heterocycles. The van der Waals surface area contributed by atoms with Gasteiger partial charge in [-0.1, -0.05) is 4.98 Å². The Hall–Kier alpha value is -2.82. The van der Waals surface area contributed by atoms with Crippen molar-refractivity contribution in [2.24, 2.45) is 5.84 Å². The Bertz CT molecular complexity index is 587. The summed E-state index contributed by atoms with van der Waals surface area (Å²) < 4.78 is 2.58. The summed E-state index contributed by atoms with van der Waals surface area (Å²) in [4.78, 5) is 24.3. The van der Waals surface area contributed by atoms with E-state index < -0.39 is 16.8 Å². The van der Waals surface area contributed by atoms with E-state index in [1.807, 2.05) is 5.43 Å². The maximum atomic E-state index is 11.1. The number of hydrogen-bond donors (Lipinski definition) is 2. The first-order valence-corrected chi connectivity index (χ1v) is 4.68. The van der Waals surface area contributed by atoms with Gasteiger partial charge in [-0.15, -0.1) is 0 Å². The topological polar surface area (TPSA) is 147 Å². The lowest BCUT2D eigenvalue weighted by molar-refractivity contribution is -0.394. The molecule has 0 aliphatic rings. The van der Waals surface area contributed by atoms with Crippen molar-refractivity contribution in [3.05, 3.63) is 34.4 Å². The molecular formula is C7H8N8O3. The van der Waals surface area contributed by atoms with E-state index in [1.54, 1.807) is 0 Å². The van der Waals surface area contributed by atoms with Crippen LogP contribution in [0.3, 0.4) is 0 Å². The predicted octanol–water partition coefficient (Wildman–Crippen LogP) is -1.51. The highest BCUT2D eigenvalue weighted by atomic mass is 16.6. The summed E-state index contributed by atoms with van der Waals surface area (Å²) in [5.41, 5.74) is 2.07. The minimum Gasteiger partial charge on any atom is -0.390 e. The molecule has 18 heavy (non-hydrogen) atoms. The predicted molar refractivity (Wildman–Crippen MR) is 56.0 cm³/mol. The fourth-order valence-electron chi connectivity index (χ4n) is 1.22. The summed E-state index contributed by atoms with van der Waals surface area (Å²) in [6, 6.07) is 1.45. The van der Waals surface area contributed by atoms with E-state index in [1.165, 1.54) is 28.0 Å². The molecule has 0 radical (unpaired) electrons. The quantitative estimate of drug-likeness (QED) is 0.291. The summed E-state index contributed by atoms with van der Waals surface area (Å²) in [5, 5.41) is 17.9. The molecule has 0 unspecified atom stereocenters. The van der Waals surface area contributed by atoms with Gasteiger partial charge in [-0.05, 0) is 11.0 Å². The average Bonchev–Trinajstić information content (AvgIpc) is 2.98. The van der Waals surface area contributed by atoms with Gasteiger partial charge in [0.1, 0.15) is 0 Å². The fourth-order valence-corrected chi connectivity index (χ4v) is 1.22. The molecule has 0 saturated carbocycles. The van der Waals surface area contributed by atoms with Gasteiger partial charge in [0.15, 0.2) is 12.4 Å². The van der Waals surface area contributed by atoms with Gasteiger partial charge in [0.2, 0.25) is 6.33 Å². The van der Waals surface area contributed by atoms with E-state index in [0.29, 0.717) is 0 Å². The van der Waals surface area contributed by atoms with Gasteiger partial charge in [0.05, 0.1) is 0 Å². The van der Waals surface area contributed by atoms with Gasteiger partial charge in [-0.3, -0.25) is 10.2 Å². The van der Waals surface area contributed by atoms with Crippen molar-refractivity contribution in [3.8, 4) is 0 Å². The third-order valence-electron chi connectivity index (χ3n) is 1.98. The van der Waals surface area contributed by atoms with Crippen molar-refractivity contribution < 1.29 is 9.72 Å². The van der Waals surface area contributed by atoms with Crippen LogP contribution < -0.4 is 11.3 Å². The van der Waals surface area contributed by atoms with E-state index >= 15 is 0 Å². The van der Waals surface area contributed by atoms with Crippen LogP contribution in [0, 0.1) is 10.1 Å². The van der Waals surface area contributed by atoms with Crippen LogP contribution in [-0.4, -0.2) is 35.4 Å². The number of nitrogens with one attached hydrogen (secondary N) is 1. The Morgan fingerprint density at radius 1 is 1.50 bits per heavy atom. The number of nitrogen functional groups attached to an aromatic ring is 1. The summed E-state index contributed by atoms with van der Waals surface area (Å²) >= 11 is 0. The number of carbonyl (C=O) groups is 1. The molecule has 0 aromatic carbocycles. The first-order valence-electron chi connectivity index (χ1n) is 4.68. The molecule has 2 heterocycles. The van der Waals surface area contributed by atoms with Gasteiger partial charge >= 0.3 is 5.95 Å². The van der Waals surface area contributed by atoms with Crippen LogP contribution >= 0.6 is 0 Å². The first-order chi connectivity index (χ1) is 8.60. The number of rotatable bonds is 4. The Morgan fingerprint density at radius 3 is 2.89 bits per heavy atom. The highest BCUT2D eigenvalue weighted by Crippen LogP contribution is 2.01. The van der Waals surface area contributed by atoms with Crippen molar-refractivity contribution in [2.45, 2.75) is 6.67 Å². The van der Waals surface area contributed by atoms with Gasteiger partial charge in [-0.25, -0.2) is 10.5 Å². The third-order valence-corrected chi connectivity index (χ3v) is 1.98. The highest BCUT2D eigenvalue weighted by molar-refractivity contribution is 5.91. The zero-order chi connectivity index (χ0) is 13.1. The second kappa shape index (κ2) is 4.58. The monoisotopic (exact) mass is 252 g/mol. The van der Waals surface area contributed by atoms with E-state index in [2.05, 4.69) is 15.2 Å². The zero-order valence-corrected chi connectivity index (χ0v) is 8.92. The van der Waals surface area contributed by atoms with E-state index in [9.17, 15) is 14.9 Å². The van der Waals surface area contributed by atoms with Crippen molar-refractivity contribution in [2.75, 3.05) is 0 Å². The number of aromatic nitrogens is 5. The van der Waals surface area contributed by atoms with Crippen LogP contribution in [0.15, 0.2) is 18.6 Å². The number of nitrogens with zero attached hydrogens (tertiary/aromatic N) is 6. The molecule has 2 aromatic rings. The molecule has 0 spiro atoms. The maximum Gasteiger partial charge on any atom is 0.491 e. The van der Waals surface area contributed by atoms with Gasteiger partial charge in [-0.2, -0.15) is 9.78 Å². The lowest BCUT2D eigenvalue weighted by Crippen LogP contribution is -2.30. The molecule has 1 amide bonds. The van der Waals surface area contributed by atoms with Crippen LogP contribution in [-0.2, 0) is 6.67 Å². The lowest BCUT2D eigenvalue weighted by Gasteiger charge is -1.97. The largest absolute Gasteiger partial charge is 0.491 e. The standard InChI is InChI=1S/C7H8N8O3/c8-10-6(16)5-1-2-13(11-5)4-14-3-9-7(12-14)15(17)18/h1-3H,4,8H2,(H,10,16). The van der Waals surface area contributed by atoms with E-state index in [4.69, 9.17) is 5.84 Å². The summed E-state index contributed by atoms with van der Waals surface area (Å²) in [5.74, 6) is 3.92. The fraction of sp³-hybridized carbons (Fsp3) is 0.143. The second-order valence-electron chi connectivity index (χ2n) is 3.20. The zero-order valence-electron chi connectivity index (χ0n) is 8.92. The first kappa shape index (κ1) is 11.7. The molecule has 2 aromatic heterocycles. The van der Waals surface area contributed by atoms with E-state index in [0.717, 1.165) is 0 Å². The summed E-state index contributed by atoms with van der Waals surface area (Å²) in [6.07, 6.45) is 2.71. The average molecular weight is 252 g/mol. The molecule has 0 aliphatic carbocycles. The number of amides is 1. The molecule has 0 bridgehead atoms. The van der Waals surface area contributed by atoms with Crippen molar-refractivity contribution >= 4 is 11.9 Å². The van der Waals surface area contributed by atoms with E-state index in [-0.39, 0.29) is 12.4 Å².